The minimum Gasteiger partial charge on any atom is -0.367 e. The van der Waals surface area contributed by atoms with Crippen LogP contribution < -0.4 is 11.1 Å². The molecule has 0 aliphatic rings. The van der Waals surface area contributed by atoms with Crippen molar-refractivity contribution in [2.75, 3.05) is 32.9 Å². The summed E-state index contributed by atoms with van der Waals surface area (Å²) in [5.41, 5.74) is 5.31. The lowest BCUT2D eigenvalue weighted by atomic mass is 10.5. The molecule has 0 unspecified atom stereocenters. The van der Waals surface area contributed by atoms with E-state index in [4.69, 9.17) is 5.73 Å². The van der Waals surface area contributed by atoms with E-state index in [9.17, 15) is 4.79 Å². The minimum absolute atomic E-state index is 0.0956. The van der Waals surface area contributed by atoms with Gasteiger partial charge in [-0.05, 0) is 14.1 Å². The van der Waals surface area contributed by atoms with E-state index in [-0.39, 0.29) is 18.4 Å². The number of nitrogens with zero attached hydrogens (tertiary/aromatic N) is 4. The molecule has 0 saturated carbocycles. The number of nitrogens with one attached hydrogen (secondary N) is 1. The standard InChI is InChI=1S/C8H16N6O/c1-13(2)4-3-10-7(15)5-14-6-11-8(9)12-14/h6H,3-5H2,1-2H3,(H2,9,12)(H,10,15). The molecule has 15 heavy (non-hydrogen) atoms. The van der Waals surface area contributed by atoms with Gasteiger partial charge >= 0.3 is 0 Å². The number of anilines is 1. The van der Waals surface area contributed by atoms with Crippen molar-refractivity contribution >= 4 is 11.9 Å². The Balaban J connectivity index is 2.24. The van der Waals surface area contributed by atoms with Crippen LogP contribution in [0.15, 0.2) is 6.33 Å². The highest BCUT2D eigenvalue weighted by Crippen LogP contribution is 1.88. The normalized spacial score (nSPS) is 10.6. The molecule has 0 aliphatic heterocycles. The number of likely N-dealkylation sites (N-methyl/N-ethyl adjacent to an activating group) is 1. The van der Waals surface area contributed by atoms with Gasteiger partial charge in [-0.3, -0.25) is 4.79 Å². The van der Waals surface area contributed by atoms with Crippen LogP contribution >= 0.6 is 0 Å². The zero-order valence-corrected chi connectivity index (χ0v) is 8.97. The molecule has 1 rings (SSSR count). The zero-order valence-electron chi connectivity index (χ0n) is 8.97. The van der Waals surface area contributed by atoms with Crippen molar-refractivity contribution in [2.24, 2.45) is 0 Å². The minimum atomic E-state index is -0.0956. The molecule has 0 spiro atoms. The first-order valence-corrected chi connectivity index (χ1v) is 4.64. The molecule has 0 radical (unpaired) electrons. The van der Waals surface area contributed by atoms with Crippen LogP contribution in [0, 0.1) is 0 Å². The van der Waals surface area contributed by atoms with Crippen LogP contribution in [0.4, 0.5) is 5.95 Å². The Labute approximate surface area is 88.3 Å². The van der Waals surface area contributed by atoms with Gasteiger partial charge in [0, 0.05) is 13.1 Å². The van der Waals surface area contributed by atoms with Gasteiger partial charge in [-0.1, -0.05) is 0 Å². The summed E-state index contributed by atoms with van der Waals surface area (Å²) in [6.45, 7) is 1.58. The quantitative estimate of drug-likeness (QED) is 0.622. The van der Waals surface area contributed by atoms with Crippen molar-refractivity contribution in [2.45, 2.75) is 6.54 Å². The van der Waals surface area contributed by atoms with Crippen molar-refractivity contribution in [3.63, 3.8) is 0 Å². The summed E-state index contributed by atoms with van der Waals surface area (Å²) in [6, 6.07) is 0. The van der Waals surface area contributed by atoms with Crippen molar-refractivity contribution in [1.29, 1.82) is 0 Å². The lowest BCUT2D eigenvalue weighted by Gasteiger charge is -2.10. The van der Waals surface area contributed by atoms with Crippen LogP contribution in [0.25, 0.3) is 0 Å². The molecule has 0 atom stereocenters. The highest BCUT2D eigenvalue weighted by Gasteiger charge is 2.03. The summed E-state index contributed by atoms with van der Waals surface area (Å²) in [5.74, 6) is 0.0813. The number of carbonyl (C=O) groups is 1. The Morgan fingerprint density at radius 1 is 1.67 bits per heavy atom. The van der Waals surface area contributed by atoms with E-state index in [1.807, 2.05) is 19.0 Å². The smallest absolute Gasteiger partial charge is 0.241 e. The molecule has 0 aliphatic carbocycles. The Kier molecular flexibility index (Phi) is 4.04. The summed E-state index contributed by atoms with van der Waals surface area (Å²) >= 11 is 0. The van der Waals surface area contributed by atoms with Crippen molar-refractivity contribution in [1.82, 2.24) is 25.0 Å². The predicted octanol–water partition coefficient (Wildman–Crippen LogP) is -1.46. The molecule has 84 valence electrons. The maximum Gasteiger partial charge on any atom is 0.241 e. The third-order valence-electron chi connectivity index (χ3n) is 1.74. The highest BCUT2D eigenvalue weighted by molar-refractivity contribution is 5.75. The maximum absolute atomic E-state index is 11.3. The molecule has 3 N–H and O–H groups in total. The molecule has 7 nitrogen and oxygen atoms in total. The van der Waals surface area contributed by atoms with Gasteiger partial charge in [-0.2, -0.15) is 0 Å². The summed E-state index contributed by atoms with van der Waals surface area (Å²) in [6.07, 6.45) is 1.43. The van der Waals surface area contributed by atoms with Crippen LogP contribution in [0.2, 0.25) is 0 Å². The number of carbonyl (C=O) groups excluding carboxylic acids is 1. The van der Waals surface area contributed by atoms with Gasteiger partial charge in [0.2, 0.25) is 11.9 Å². The second-order valence-corrected chi connectivity index (χ2v) is 3.45. The largest absolute Gasteiger partial charge is 0.367 e. The zero-order chi connectivity index (χ0) is 11.3. The molecule has 1 amide bonds. The highest BCUT2D eigenvalue weighted by atomic mass is 16.2. The predicted molar refractivity (Wildman–Crippen MR) is 56.0 cm³/mol. The molecular weight excluding hydrogens is 196 g/mol. The number of rotatable bonds is 5. The van der Waals surface area contributed by atoms with Gasteiger partial charge < -0.3 is 16.0 Å². The van der Waals surface area contributed by atoms with E-state index in [1.54, 1.807) is 0 Å². The molecule has 1 heterocycles. The SMILES string of the molecule is CN(C)CCNC(=O)Cn1cnc(N)n1. The molecule has 1 aromatic heterocycles. The lowest BCUT2D eigenvalue weighted by molar-refractivity contribution is -0.121. The summed E-state index contributed by atoms with van der Waals surface area (Å²) in [5, 5.41) is 6.57. The van der Waals surface area contributed by atoms with Gasteiger partial charge in [0.15, 0.2) is 0 Å². The molecular formula is C8H16N6O. The monoisotopic (exact) mass is 212 g/mol. The van der Waals surface area contributed by atoms with E-state index in [2.05, 4.69) is 15.4 Å². The molecule has 0 bridgehead atoms. The topological polar surface area (TPSA) is 89.1 Å². The van der Waals surface area contributed by atoms with Gasteiger partial charge in [0.05, 0.1) is 0 Å². The fraction of sp³-hybridized carbons (Fsp3) is 0.625. The lowest BCUT2D eigenvalue weighted by Crippen LogP contribution is -2.33. The first kappa shape index (κ1) is 11.4. The van der Waals surface area contributed by atoms with Crippen LogP contribution in [0.3, 0.4) is 0 Å². The summed E-state index contributed by atoms with van der Waals surface area (Å²) < 4.78 is 1.40. The van der Waals surface area contributed by atoms with Gasteiger partial charge in [-0.25, -0.2) is 9.67 Å². The number of aromatic nitrogens is 3. The Morgan fingerprint density at radius 2 is 2.40 bits per heavy atom. The number of hydrogen-bond acceptors (Lipinski definition) is 5. The maximum atomic E-state index is 11.3. The fourth-order valence-electron chi connectivity index (χ4n) is 1.01. The molecule has 7 heteroatoms. The Hall–Kier alpha value is -1.63. The van der Waals surface area contributed by atoms with Crippen LogP contribution in [0.5, 0.6) is 0 Å². The third kappa shape index (κ3) is 4.41. The summed E-state index contributed by atoms with van der Waals surface area (Å²) in [7, 11) is 3.90. The number of nitrogen functional groups attached to an aromatic ring is 1. The van der Waals surface area contributed by atoms with E-state index < -0.39 is 0 Å². The van der Waals surface area contributed by atoms with Gasteiger partial charge in [-0.15, -0.1) is 5.10 Å². The van der Waals surface area contributed by atoms with Gasteiger partial charge in [0.25, 0.3) is 0 Å². The van der Waals surface area contributed by atoms with Crippen molar-refractivity contribution < 1.29 is 4.79 Å². The Morgan fingerprint density at radius 3 is 2.93 bits per heavy atom. The van der Waals surface area contributed by atoms with E-state index in [0.29, 0.717) is 6.54 Å². The van der Waals surface area contributed by atoms with Crippen LogP contribution in [0.1, 0.15) is 0 Å². The number of amides is 1. The second-order valence-electron chi connectivity index (χ2n) is 3.45. The van der Waals surface area contributed by atoms with E-state index in [0.717, 1.165) is 6.54 Å². The Bertz CT molecular complexity index is 321. The van der Waals surface area contributed by atoms with Crippen LogP contribution in [-0.2, 0) is 11.3 Å². The first-order chi connectivity index (χ1) is 7.08. The number of hydrogen-bond donors (Lipinski definition) is 2. The average molecular weight is 212 g/mol. The first-order valence-electron chi connectivity index (χ1n) is 4.64. The second kappa shape index (κ2) is 5.30. The van der Waals surface area contributed by atoms with Gasteiger partial charge in [0.1, 0.15) is 12.9 Å². The van der Waals surface area contributed by atoms with Crippen molar-refractivity contribution in [3.8, 4) is 0 Å². The average Bonchev–Trinajstić information content (AvgIpc) is 2.50. The molecule has 0 aromatic carbocycles. The summed E-state index contributed by atoms with van der Waals surface area (Å²) in [4.78, 5) is 17.1. The molecule has 0 saturated heterocycles. The third-order valence-corrected chi connectivity index (χ3v) is 1.74. The van der Waals surface area contributed by atoms with Crippen LogP contribution in [-0.4, -0.2) is 52.8 Å². The van der Waals surface area contributed by atoms with Crippen molar-refractivity contribution in [3.05, 3.63) is 6.33 Å². The number of nitrogens with two attached hydrogens (primary N) is 1. The van der Waals surface area contributed by atoms with E-state index >= 15 is 0 Å². The van der Waals surface area contributed by atoms with E-state index in [1.165, 1.54) is 11.0 Å². The fourth-order valence-corrected chi connectivity index (χ4v) is 1.01. The molecule has 0 fully saturated rings. The molecule has 1 aromatic rings.